The van der Waals surface area contributed by atoms with Crippen LogP contribution in [0.1, 0.15) is 23.1 Å². The van der Waals surface area contributed by atoms with Crippen LogP contribution in [0.2, 0.25) is 0 Å². The molecular formula is C14H17BrN4O. The van der Waals surface area contributed by atoms with Crippen LogP contribution in [-0.4, -0.2) is 17.1 Å². The first kappa shape index (κ1) is 14.9. The van der Waals surface area contributed by atoms with Crippen LogP contribution in [0.25, 0.3) is 0 Å². The molecule has 1 aromatic heterocycles. The third-order valence-corrected chi connectivity index (χ3v) is 3.52. The molecule has 106 valence electrons. The molecule has 1 unspecified atom stereocenters. The minimum Gasteiger partial charge on any atom is -0.496 e. The first-order valence-electron chi connectivity index (χ1n) is 6.22. The lowest BCUT2D eigenvalue weighted by Crippen LogP contribution is -2.30. The lowest BCUT2D eigenvalue weighted by molar-refractivity contribution is 0.405. The van der Waals surface area contributed by atoms with Gasteiger partial charge in [0.05, 0.1) is 18.8 Å². The second-order valence-electron chi connectivity index (χ2n) is 4.41. The van der Waals surface area contributed by atoms with Crippen molar-refractivity contribution in [3.63, 3.8) is 0 Å². The van der Waals surface area contributed by atoms with Gasteiger partial charge in [-0.05, 0) is 43.2 Å². The fourth-order valence-electron chi connectivity index (χ4n) is 2.04. The number of hydrazine groups is 1. The van der Waals surface area contributed by atoms with Gasteiger partial charge in [0.2, 0.25) is 0 Å². The van der Waals surface area contributed by atoms with E-state index in [1.807, 2.05) is 31.2 Å². The molecule has 2 rings (SSSR count). The Morgan fingerprint density at radius 2 is 2.20 bits per heavy atom. The van der Waals surface area contributed by atoms with Gasteiger partial charge in [-0.15, -0.1) is 0 Å². The number of nitrogens with two attached hydrogens (primary N) is 1. The van der Waals surface area contributed by atoms with Gasteiger partial charge in [0.25, 0.3) is 0 Å². The highest BCUT2D eigenvalue weighted by Gasteiger charge is 2.15. The van der Waals surface area contributed by atoms with Gasteiger partial charge in [0, 0.05) is 10.7 Å². The van der Waals surface area contributed by atoms with E-state index in [0.717, 1.165) is 27.3 Å². The maximum Gasteiger partial charge on any atom is 0.125 e. The largest absolute Gasteiger partial charge is 0.496 e. The van der Waals surface area contributed by atoms with Crippen molar-refractivity contribution in [1.29, 1.82) is 0 Å². The average Bonchev–Trinajstić information content (AvgIpc) is 2.45. The third-order valence-electron chi connectivity index (χ3n) is 3.02. The zero-order chi connectivity index (χ0) is 14.5. The molecule has 1 aromatic carbocycles. The van der Waals surface area contributed by atoms with E-state index in [9.17, 15) is 0 Å². The molecule has 0 radical (unpaired) electrons. The van der Waals surface area contributed by atoms with Crippen LogP contribution in [0.3, 0.4) is 0 Å². The Hall–Kier alpha value is -1.50. The highest BCUT2D eigenvalue weighted by Crippen LogP contribution is 2.27. The number of halogens is 1. The van der Waals surface area contributed by atoms with E-state index in [1.54, 1.807) is 13.3 Å². The number of rotatable bonds is 5. The van der Waals surface area contributed by atoms with Gasteiger partial charge < -0.3 is 4.74 Å². The Bertz CT molecular complexity index is 591. The molecule has 0 saturated carbocycles. The summed E-state index contributed by atoms with van der Waals surface area (Å²) >= 11 is 3.47. The number of nitrogens with zero attached hydrogens (tertiary/aromatic N) is 2. The predicted octanol–water partition coefficient (Wildman–Crippen LogP) is 2.30. The van der Waals surface area contributed by atoms with Crippen molar-refractivity contribution in [2.75, 3.05) is 7.11 Å². The summed E-state index contributed by atoms with van der Waals surface area (Å²) in [5.41, 5.74) is 4.72. The van der Waals surface area contributed by atoms with Crippen LogP contribution in [0.15, 0.2) is 34.9 Å². The van der Waals surface area contributed by atoms with E-state index in [1.165, 1.54) is 0 Å². The first-order chi connectivity index (χ1) is 9.63. The van der Waals surface area contributed by atoms with Gasteiger partial charge in [-0.1, -0.05) is 15.9 Å². The molecule has 20 heavy (non-hydrogen) atoms. The molecule has 0 spiro atoms. The third kappa shape index (κ3) is 3.53. The maximum atomic E-state index is 5.67. The number of nitrogens with one attached hydrogen (secondary N) is 1. The van der Waals surface area contributed by atoms with Crippen LogP contribution in [0, 0.1) is 6.92 Å². The Morgan fingerprint density at radius 1 is 1.40 bits per heavy atom. The number of ether oxygens (including phenoxy) is 1. The molecule has 0 bridgehead atoms. The summed E-state index contributed by atoms with van der Waals surface area (Å²) in [5, 5.41) is 0. The van der Waals surface area contributed by atoms with Gasteiger partial charge in [0.1, 0.15) is 11.6 Å². The van der Waals surface area contributed by atoms with Crippen molar-refractivity contribution in [2.24, 2.45) is 5.84 Å². The van der Waals surface area contributed by atoms with Gasteiger partial charge in [-0.25, -0.2) is 9.97 Å². The summed E-state index contributed by atoms with van der Waals surface area (Å²) < 4.78 is 6.39. The van der Waals surface area contributed by atoms with Crippen molar-refractivity contribution in [3.05, 3.63) is 52.0 Å². The number of aryl methyl sites for hydroxylation is 1. The van der Waals surface area contributed by atoms with Gasteiger partial charge in [0.15, 0.2) is 0 Å². The molecule has 1 atom stereocenters. The number of benzene rings is 1. The van der Waals surface area contributed by atoms with Crippen LogP contribution in [-0.2, 0) is 6.42 Å². The summed E-state index contributed by atoms with van der Waals surface area (Å²) in [5.74, 6) is 7.23. The molecule has 0 aliphatic carbocycles. The fourth-order valence-corrected chi connectivity index (χ4v) is 2.45. The molecule has 0 fully saturated rings. The quantitative estimate of drug-likeness (QED) is 0.647. The van der Waals surface area contributed by atoms with E-state index in [-0.39, 0.29) is 6.04 Å². The van der Waals surface area contributed by atoms with Crippen molar-refractivity contribution in [3.8, 4) is 5.75 Å². The van der Waals surface area contributed by atoms with E-state index >= 15 is 0 Å². The minimum absolute atomic E-state index is 0.0973. The molecular weight excluding hydrogens is 320 g/mol. The molecule has 2 aromatic rings. The summed E-state index contributed by atoms with van der Waals surface area (Å²) in [4.78, 5) is 8.51. The van der Waals surface area contributed by atoms with Crippen molar-refractivity contribution in [1.82, 2.24) is 15.4 Å². The second kappa shape index (κ2) is 6.78. The number of hydrogen-bond donors (Lipinski definition) is 2. The lowest BCUT2D eigenvalue weighted by Gasteiger charge is -2.17. The van der Waals surface area contributed by atoms with E-state index in [0.29, 0.717) is 6.42 Å². The molecule has 3 N–H and O–H groups in total. The monoisotopic (exact) mass is 336 g/mol. The first-order valence-corrected chi connectivity index (χ1v) is 7.01. The van der Waals surface area contributed by atoms with Crippen LogP contribution >= 0.6 is 15.9 Å². The number of hydrogen-bond acceptors (Lipinski definition) is 5. The van der Waals surface area contributed by atoms with Crippen molar-refractivity contribution < 1.29 is 4.74 Å². The summed E-state index contributed by atoms with van der Waals surface area (Å²) in [7, 11) is 1.66. The number of aromatic nitrogens is 2. The lowest BCUT2D eigenvalue weighted by atomic mass is 10.0. The molecule has 5 nitrogen and oxygen atoms in total. The number of methoxy groups -OCH3 is 1. The Kier molecular flexibility index (Phi) is 5.05. The fraction of sp³-hybridized carbons (Fsp3) is 0.286. The maximum absolute atomic E-state index is 5.67. The molecule has 6 heteroatoms. The van der Waals surface area contributed by atoms with Gasteiger partial charge in [-0.2, -0.15) is 0 Å². The van der Waals surface area contributed by atoms with E-state index < -0.39 is 0 Å². The van der Waals surface area contributed by atoms with Gasteiger partial charge in [-0.3, -0.25) is 11.3 Å². The van der Waals surface area contributed by atoms with E-state index in [4.69, 9.17) is 10.6 Å². The molecule has 0 aliphatic heterocycles. The summed E-state index contributed by atoms with van der Waals surface area (Å²) in [6, 6.07) is 7.67. The Morgan fingerprint density at radius 3 is 2.85 bits per heavy atom. The van der Waals surface area contributed by atoms with Crippen molar-refractivity contribution >= 4 is 15.9 Å². The zero-order valence-corrected chi connectivity index (χ0v) is 13.0. The average molecular weight is 337 g/mol. The SMILES string of the molecule is COc1ccc(Br)cc1CC(NN)c1ccnc(C)n1. The highest BCUT2D eigenvalue weighted by atomic mass is 79.9. The Labute approximate surface area is 126 Å². The standard InChI is InChI=1S/C14H17BrN4O/c1-9-17-6-5-12(18-9)13(19-16)8-10-7-11(15)3-4-14(10)20-2/h3-7,13,19H,8,16H2,1-2H3. The summed E-state index contributed by atoms with van der Waals surface area (Å²) in [6.07, 6.45) is 2.41. The Balaban J connectivity index is 2.28. The minimum atomic E-state index is -0.0973. The molecule has 0 aliphatic rings. The van der Waals surface area contributed by atoms with Crippen LogP contribution < -0.4 is 16.0 Å². The van der Waals surface area contributed by atoms with Crippen LogP contribution in [0.5, 0.6) is 5.75 Å². The smallest absolute Gasteiger partial charge is 0.125 e. The zero-order valence-electron chi connectivity index (χ0n) is 11.4. The molecule has 1 heterocycles. The van der Waals surface area contributed by atoms with Gasteiger partial charge >= 0.3 is 0 Å². The second-order valence-corrected chi connectivity index (χ2v) is 5.32. The topological polar surface area (TPSA) is 73.1 Å². The van der Waals surface area contributed by atoms with E-state index in [2.05, 4.69) is 31.3 Å². The summed E-state index contributed by atoms with van der Waals surface area (Å²) in [6.45, 7) is 1.86. The van der Waals surface area contributed by atoms with Crippen molar-refractivity contribution in [2.45, 2.75) is 19.4 Å². The molecule has 0 amide bonds. The van der Waals surface area contributed by atoms with Crippen LogP contribution in [0.4, 0.5) is 0 Å². The normalized spacial score (nSPS) is 12.2. The molecule has 0 saturated heterocycles. The predicted molar refractivity (Wildman–Crippen MR) is 81.2 cm³/mol. The highest BCUT2D eigenvalue weighted by molar-refractivity contribution is 9.10.